The highest BCUT2D eigenvalue weighted by molar-refractivity contribution is 6.33. The summed E-state index contributed by atoms with van der Waals surface area (Å²) in [6.07, 6.45) is 4.29. The van der Waals surface area contributed by atoms with E-state index in [0.29, 0.717) is 22.1 Å². The molecule has 0 radical (unpaired) electrons. The number of aliphatic hydroxyl groups excluding tert-OH is 1. The van der Waals surface area contributed by atoms with Gasteiger partial charge in [0.05, 0.1) is 11.3 Å². The minimum absolute atomic E-state index is 0.432. The number of carbonyl (C=O) groups excluding carboxylic acids is 1. The Balaban J connectivity index is 2.96. The van der Waals surface area contributed by atoms with Gasteiger partial charge in [-0.1, -0.05) is 24.9 Å². The Morgan fingerprint density at radius 3 is 2.77 bits per heavy atom. The average Bonchev–Trinajstić information content (AvgIpc) is 2.18. The molecule has 0 amide bonds. The second-order valence-electron chi connectivity index (χ2n) is 3.29. The topological polar surface area (TPSA) is 37.3 Å². The van der Waals surface area contributed by atoms with Gasteiger partial charge in [-0.3, -0.25) is 4.79 Å². The number of aldehydes is 1. The van der Waals surface area contributed by atoms with E-state index in [1.807, 2.05) is 0 Å². The zero-order valence-electron chi connectivity index (χ0n) is 7.59. The summed E-state index contributed by atoms with van der Waals surface area (Å²) in [4.78, 5) is 10.6. The zero-order valence-corrected chi connectivity index (χ0v) is 8.34. The molecule has 1 rings (SSSR count). The predicted molar refractivity (Wildman–Crippen MR) is 52.7 cm³/mol. The van der Waals surface area contributed by atoms with Gasteiger partial charge >= 0.3 is 0 Å². The van der Waals surface area contributed by atoms with Crippen molar-refractivity contribution in [1.82, 2.24) is 0 Å². The molecule has 0 heterocycles. The van der Waals surface area contributed by atoms with Gasteiger partial charge in [0.15, 0.2) is 0 Å². The van der Waals surface area contributed by atoms with Crippen molar-refractivity contribution in [3.8, 4) is 0 Å². The molecule has 0 aromatic carbocycles. The highest BCUT2D eigenvalue weighted by atomic mass is 35.5. The SMILES string of the molecule is CCC1CC(C=O)=C(Cl)/C(=C\O)C1. The van der Waals surface area contributed by atoms with E-state index in [2.05, 4.69) is 6.92 Å². The number of halogens is 1. The van der Waals surface area contributed by atoms with Gasteiger partial charge < -0.3 is 5.11 Å². The summed E-state index contributed by atoms with van der Waals surface area (Å²) >= 11 is 5.89. The highest BCUT2D eigenvalue weighted by Crippen LogP contribution is 2.36. The molecular formula is C10H13ClO2. The Hall–Kier alpha value is -0.760. The fraction of sp³-hybridized carbons (Fsp3) is 0.500. The van der Waals surface area contributed by atoms with Crippen LogP contribution in [0.4, 0.5) is 0 Å². The lowest BCUT2D eigenvalue weighted by atomic mass is 9.85. The zero-order chi connectivity index (χ0) is 9.84. The molecule has 0 saturated heterocycles. The summed E-state index contributed by atoms with van der Waals surface area (Å²) in [5, 5.41) is 9.32. The van der Waals surface area contributed by atoms with E-state index in [9.17, 15) is 4.79 Å². The first-order valence-corrected chi connectivity index (χ1v) is 4.78. The van der Waals surface area contributed by atoms with Crippen molar-refractivity contribution in [2.75, 3.05) is 0 Å². The average molecular weight is 201 g/mol. The Bertz CT molecular complexity index is 266. The van der Waals surface area contributed by atoms with Crippen LogP contribution in [0.1, 0.15) is 26.2 Å². The van der Waals surface area contributed by atoms with Crippen molar-refractivity contribution < 1.29 is 9.90 Å². The Labute approximate surface area is 82.9 Å². The van der Waals surface area contributed by atoms with Crippen LogP contribution in [-0.4, -0.2) is 11.4 Å². The second kappa shape index (κ2) is 4.47. The highest BCUT2D eigenvalue weighted by Gasteiger charge is 2.22. The van der Waals surface area contributed by atoms with Crippen LogP contribution in [0.2, 0.25) is 0 Å². The van der Waals surface area contributed by atoms with Gasteiger partial charge in [-0.15, -0.1) is 0 Å². The lowest BCUT2D eigenvalue weighted by Gasteiger charge is -2.22. The van der Waals surface area contributed by atoms with Gasteiger partial charge in [-0.05, 0) is 18.8 Å². The molecule has 0 aromatic rings. The van der Waals surface area contributed by atoms with Crippen molar-refractivity contribution in [1.29, 1.82) is 0 Å². The first kappa shape index (κ1) is 10.3. The van der Waals surface area contributed by atoms with E-state index in [1.165, 1.54) is 0 Å². The second-order valence-corrected chi connectivity index (χ2v) is 3.67. The van der Waals surface area contributed by atoms with Gasteiger partial charge in [0.1, 0.15) is 6.29 Å². The predicted octanol–water partition coefficient (Wildman–Crippen LogP) is 2.94. The summed E-state index contributed by atoms with van der Waals surface area (Å²) in [5.74, 6) is 0.432. The fourth-order valence-corrected chi connectivity index (χ4v) is 1.83. The van der Waals surface area contributed by atoms with Crippen molar-refractivity contribution in [2.45, 2.75) is 26.2 Å². The number of aliphatic hydroxyl groups is 1. The molecule has 0 fully saturated rings. The van der Waals surface area contributed by atoms with Crippen LogP contribution >= 0.6 is 11.6 Å². The Morgan fingerprint density at radius 1 is 1.62 bits per heavy atom. The van der Waals surface area contributed by atoms with Crippen LogP contribution in [0.15, 0.2) is 22.4 Å². The summed E-state index contributed by atoms with van der Waals surface area (Å²) in [6.45, 7) is 2.07. The van der Waals surface area contributed by atoms with Crippen LogP contribution in [0.3, 0.4) is 0 Å². The molecule has 0 saturated carbocycles. The maximum absolute atomic E-state index is 10.6. The van der Waals surface area contributed by atoms with Gasteiger partial charge in [0.2, 0.25) is 0 Å². The first-order chi connectivity index (χ1) is 6.22. The quantitative estimate of drug-likeness (QED) is 0.550. The van der Waals surface area contributed by atoms with Gasteiger partial charge in [0, 0.05) is 11.1 Å². The van der Waals surface area contributed by atoms with E-state index in [1.54, 1.807) is 0 Å². The standard InChI is InChI=1S/C10H13ClO2/c1-2-7-3-8(5-12)10(11)9(4-7)6-13/h5-7,12H,2-4H2,1H3/b8-5-. The summed E-state index contributed by atoms with van der Waals surface area (Å²) in [5.41, 5.74) is 1.29. The molecule has 0 aromatic heterocycles. The minimum Gasteiger partial charge on any atom is -0.515 e. The third-order valence-corrected chi connectivity index (χ3v) is 2.94. The number of hydrogen-bond donors (Lipinski definition) is 1. The maximum Gasteiger partial charge on any atom is 0.147 e. The van der Waals surface area contributed by atoms with Crippen molar-refractivity contribution >= 4 is 17.9 Å². The number of hydrogen-bond acceptors (Lipinski definition) is 2. The maximum atomic E-state index is 10.6. The molecular weight excluding hydrogens is 188 g/mol. The fourth-order valence-electron chi connectivity index (χ4n) is 1.58. The molecule has 1 unspecified atom stereocenters. The van der Waals surface area contributed by atoms with Crippen molar-refractivity contribution in [3.05, 3.63) is 22.4 Å². The molecule has 13 heavy (non-hydrogen) atoms. The molecule has 0 spiro atoms. The molecule has 0 bridgehead atoms. The van der Waals surface area contributed by atoms with Crippen molar-refractivity contribution in [2.24, 2.45) is 5.92 Å². The van der Waals surface area contributed by atoms with Crippen LogP contribution in [0.25, 0.3) is 0 Å². The van der Waals surface area contributed by atoms with Gasteiger partial charge in [-0.25, -0.2) is 0 Å². The number of rotatable bonds is 2. The molecule has 0 aliphatic heterocycles. The summed E-state index contributed by atoms with van der Waals surface area (Å²) in [7, 11) is 0. The molecule has 1 aliphatic carbocycles. The third kappa shape index (κ3) is 2.13. The third-order valence-electron chi connectivity index (χ3n) is 2.46. The first-order valence-electron chi connectivity index (χ1n) is 4.40. The van der Waals surface area contributed by atoms with E-state index >= 15 is 0 Å². The van der Waals surface area contributed by atoms with Crippen LogP contribution in [0, 0.1) is 5.92 Å². The molecule has 1 atom stereocenters. The molecule has 2 nitrogen and oxygen atoms in total. The lowest BCUT2D eigenvalue weighted by Crippen LogP contribution is -2.11. The van der Waals surface area contributed by atoms with Crippen LogP contribution in [0.5, 0.6) is 0 Å². The summed E-state index contributed by atoms with van der Waals surface area (Å²) in [6, 6.07) is 0. The molecule has 1 N–H and O–H groups in total. The van der Waals surface area contributed by atoms with Gasteiger partial charge in [0.25, 0.3) is 0 Å². The minimum atomic E-state index is 0.432. The van der Waals surface area contributed by atoms with Crippen molar-refractivity contribution in [3.63, 3.8) is 0 Å². The molecule has 72 valence electrons. The van der Waals surface area contributed by atoms with Crippen LogP contribution < -0.4 is 0 Å². The Morgan fingerprint density at radius 2 is 2.31 bits per heavy atom. The largest absolute Gasteiger partial charge is 0.515 e. The van der Waals surface area contributed by atoms with E-state index < -0.39 is 0 Å². The number of carbonyl (C=O) groups is 1. The van der Waals surface area contributed by atoms with E-state index in [4.69, 9.17) is 16.7 Å². The number of allylic oxidation sites excluding steroid dienone is 3. The molecule has 3 heteroatoms. The summed E-state index contributed by atoms with van der Waals surface area (Å²) < 4.78 is 0. The lowest BCUT2D eigenvalue weighted by molar-refractivity contribution is -0.105. The molecule has 1 aliphatic rings. The smallest absolute Gasteiger partial charge is 0.147 e. The van der Waals surface area contributed by atoms with E-state index in [-0.39, 0.29) is 0 Å². The van der Waals surface area contributed by atoms with E-state index in [0.717, 1.165) is 31.8 Å². The monoisotopic (exact) mass is 200 g/mol. The Kier molecular flexibility index (Phi) is 3.55. The van der Waals surface area contributed by atoms with Gasteiger partial charge in [-0.2, -0.15) is 0 Å². The van der Waals surface area contributed by atoms with Crippen LogP contribution in [-0.2, 0) is 4.79 Å². The normalized spacial score (nSPS) is 26.6.